The summed E-state index contributed by atoms with van der Waals surface area (Å²) < 4.78 is 6.32. The van der Waals surface area contributed by atoms with E-state index < -0.39 is 22.8 Å². The normalized spacial score (nSPS) is 11.7. The summed E-state index contributed by atoms with van der Waals surface area (Å²) in [4.78, 5) is 34.8. The van der Waals surface area contributed by atoms with Crippen LogP contribution in [0.1, 0.15) is 22.5 Å². The van der Waals surface area contributed by atoms with E-state index in [-0.39, 0.29) is 17.9 Å². The van der Waals surface area contributed by atoms with Crippen LogP contribution in [-0.2, 0) is 28.2 Å². The van der Waals surface area contributed by atoms with Gasteiger partial charge in [0.2, 0.25) is 5.91 Å². The average molecular weight is 657 g/mol. The van der Waals surface area contributed by atoms with Crippen LogP contribution in [0.2, 0.25) is 0 Å². The zero-order valence-corrected chi connectivity index (χ0v) is 26.7. The van der Waals surface area contributed by atoms with Crippen LogP contribution in [0, 0.1) is 10.1 Å². The van der Waals surface area contributed by atoms with Crippen molar-refractivity contribution in [3.63, 3.8) is 0 Å². The van der Waals surface area contributed by atoms with Crippen LogP contribution in [0.25, 0.3) is 33.2 Å². The maximum Gasteiger partial charge on any atom is 0.327 e. The molecule has 0 aliphatic heterocycles. The molecule has 8 nitrogen and oxygen atoms in total. The van der Waals surface area contributed by atoms with Crippen molar-refractivity contribution in [2.24, 2.45) is 0 Å². The molecule has 2 N–H and O–H groups in total. The lowest BCUT2D eigenvalue weighted by molar-refractivity contribution is -0.384. The number of benzene rings is 5. The number of amides is 1. The molecule has 0 aliphatic rings. The molecule has 9 heteroatoms. The minimum atomic E-state index is -1.13. The van der Waals surface area contributed by atoms with Crippen molar-refractivity contribution in [2.75, 3.05) is 5.75 Å². The van der Waals surface area contributed by atoms with Crippen LogP contribution in [0.3, 0.4) is 0 Å². The Labute approximate surface area is 281 Å². The van der Waals surface area contributed by atoms with Gasteiger partial charge >= 0.3 is 5.97 Å². The molecule has 0 spiro atoms. The summed E-state index contributed by atoms with van der Waals surface area (Å²) in [6, 6.07) is 39.7. The van der Waals surface area contributed by atoms with Crippen LogP contribution in [-0.4, -0.2) is 33.7 Å². The Morgan fingerprint density at radius 3 is 2.12 bits per heavy atom. The molecule has 0 unspecified atom stereocenters. The van der Waals surface area contributed by atoms with Crippen LogP contribution in [0.5, 0.6) is 0 Å². The number of carbonyl (C=O) groups is 2. The van der Waals surface area contributed by atoms with E-state index in [9.17, 15) is 24.8 Å². The summed E-state index contributed by atoms with van der Waals surface area (Å²) >= 11 is 1.41. The molecule has 1 aromatic heterocycles. The number of hydrogen-bond donors (Lipinski definition) is 2. The standard InChI is InChI=1S/C39H32N2O6S/c42-37(23-28-9-6-10-32(21-28)41(45)46)40-34(39(43)44)25-48-24-27-13-15-29(16-14-27)30-17-19-31(20-18-30)38-33-11-4-5-12-35(33)47-36(38)22-26-7-2-1-3-8-26/h1-21,34H,22-25H2,(H,40,42)(H,43,44)/t34-/m0/s1. The van der Waals surface area contributed by atoms with E-state index in [1.165, 1.54) is 35.5 Å². The molecule has 1 heterocycles. The molecule has 0 saturated carbocycles. The van der Waals surface area contributed by atoms with Gasteiger partial charge in [0.15, 0.2) is 0 Å². The number of thioether (sulfide) groups is 1. The van der Waals surface area contributed by atoms with E-state index in [0.29, 0.717) is 17.7 Å². The van der Waals surface area contributed by atoms with Crippen molar-refractivity contribution in [2.45, 2.75) is 24.6 Å². The molecule has 5 aromatic carbocycles. The van der Waals surface area contributed by atoms with Crippen molar-refractivity contribution in [3.05, 3.63) is 160 Å². The van der Waals surface area contributed by atoms with E-state index in [2.05, 4.69) is 59.9 Å². The van der Waals surface area contributed by atoms with Crippen molar-refractivity contribution < 1.29 is 24.0 Å². The fraction of sp³-hybridized carbons (Fsp3) is 0.128. The van der Waals surface area contributed by atoms with E-state index >= 15 is 0 Å². The molecule has 0 saturated heterocycles. The molecule has 1 atom stereocenters. The molecule has 0 aliphatic carbocycles. The third-order valence-electron chi connectivity index (χ3n) is 8.01. The third kappa shape index (κ3) is 7.82. The quantitative estimate of drug-likeness (QED) is 0.0947. The first kappa shape index (κ1) is 32.3. The Morgan fingerprint density at radius 2 is 1.42 bits per heavy atom. The van der Waals surface area contributed by atoms with E-state index in [1.807, 2.05) is 48.5 Å². The van der Waals surface area contributed by atoms with Gasteiger partial charge in [-0.1, -0.05) is 109 Å². The number of nitrogens with one attached hydrogen (secondary N) is 1. The predicted molar refractivity (Wildman–Crippen MR) is 189 cm³/mol. The molecule has 0 fully saturated rings. The third-order valence-corrected chi connectivity index (χ3v) is 9.12. The number of nitro benzene ring substituents is 1. The van der Waals surface area contributed by atoms with Gasteiger partial charge < -0.3 is 14.8 Å². The zero-order chi connectivity index (χ0) is 33.5. The van der Waals surface area contributed by atoms with Crippen LogP contribution >= 0.6 is 11.8 Å². The largest absolute Gasteiger partial charge is 0.480 e. The maximum atomic E-state index is 12.5. The Morgan fingerprint density at radius 1 is 0.771 bits per heavy atom. The second kappa shape index (κ2) is 14.8. The minimum Gasteiger partial charge on any atom is -0.480 e. The van der Waals surface area contributed by atoms with Gasteiger partial charge in [-0.15, -0.1) is 0 Å². The highest BCUT2D eigenvalue weighted by Crippen LogP contribution is 2.37. The fourth-order valence-corrected chi connectivity index (χ4v) is 6.63. The molecule has 240 valence electrons. The topological polar surface area (TPSA) is 123 Å². The van der Waals surface area contributed by atoms with Gasteiger partial charge in [0.25, 0.3) is 5.69 Å². The number of fused-ring (bicyclic) bond motifs is 1. The molecule has 0 bridgehead atoms. The number of rotatable bonds is 13. The molecule has 48 heavy (non-hydrogen) atoms. The van der Waals surface area contributed by atoms with Crippen LogP contribution in [0.15, 0.2) is 132 Å². The van der Waals surface area contributed by atoms with Crippen molar-refractivity contribution in [3.8, 4) is 22.3 Å². The van der Waals surface area contributed by atoms with Gasteiger partial charge in [-0.3, -0.25) is 14.9 Å². The first-order chi connectivity index (χ1) is 23.3. The number of carboxylic acids is 1. The molecule has 0 radical (unpaired) electrons. The van der Waals surface area contributed by atoms with Gasteiger partial charge in [0, 0.05) is 41.0 Å². The molecule has 1 amide bonds. The number of nitro groups is 1. The molecular weight excluding hydrogens is 625 g/mol. The lowest BCUT2D eigenvalue weighted by Gasteiger charge is -2.14. The maximum absolute atomic E-state index is 12.5. The lowest BCUT2D eigenvalue weighted by atomic mass is 9.96. The molecular formula is C39H32N2O6S. The number of furan rings is 1. The fourth-order valence-electron chi connectivity index (χ4n) is 5.62. The van der Waals surface area contributed by atoms with Crippen LogP contribution < -0.4 is 5.32 Å². The SMILES string of the molecule is O=C(Cc1cccc([N+](=O)[O-])c1)N[C@@H](CSCc1ccc(-c2ccc(-c3c(Cc4ccccc4)oc4ccccc34)cc2)cc1)C(=O)O. The second-order valence-electron chi connectivity index (χ2n) is 11.4. The number of non-ortho nitro benzene ring substituents is 1. The van der Waals surface area contributed by atoms with Gasteiger partial charge in [-0.25, -0.2) is 4.79 Å². The highest BCUT2D eigenvalue weighted by molar-refractivity contribution is 7.98. The number of para-hydroxylation sites is 1. The number of carbonyl (C=O) groups excluding carboxylic acids is 1. The number of hydrogen-bond acceptors (Lipinski definition) is 6. The van der Waals surface area contributed by atoms with Crippen molar-refractivity contribution in [1.82, 2.24) is 5.32 Å². The van der Waals surface area contributed by atoms with Gasteiger partial charge in [-0.05, 0) is 39.4 Å². The Bertz CT molecular complexity index is 2060. The molecule has 6 rings (SSSR count). The monoisotopic (exact) mass is 656 g/mol. The summed E-state index contributed by atoms with van der Waals surface area (Å²) in [5.41, 5.74) is 7.74. The average Bonchev–Trinajstić information content (AvgIpc) is 3.46. The second-order valence-corrected chi connectivity index (χ2v) is 12.4. The van der Waals surface area contributed by atoms with E-state index in [4.69, 9.17) is 4.42 Å². The molecule has 6 aromatic rings. The van der Waals surface area contributed by atoms with Gasteiger partial charge in [0.05, 0.1) is 11.3 Å². The first-order valence-electron chi connectivity index (χ1n) is 15.4. The van der Waals surface area contributed by atoms with Gasteiger partial charge in [0.1, 0.15) is 17.4 Å². The summed E-state index contributed by atoms with van der Waals surface area (Å²) in [6.07, 6.45) is 0.554. The summed E-state index contributed by atoms with van der Waals surface area (Å²) in [5.74, 6) is 0.0380. The van der Waals surface area contributed by atoms with E-state index in [0.717, 1.165) is 44.5 Å². The highest BCUT2D eigenvalue weighted by atomic mass is 32.2. The summed E-state index contributed by atoms with van der Waals surface area (Å²) in [5, 5.41) is 24.3. The van der Waals surface area contributed by atoms with E-state index in [1.54, 1.807) is 6.07 Å². The highest BCUT2D eigenvalue weighted by Gasteiger charge is 2.21. The number of nitrogens with zero attached hydrogens (tertiary/aromatic N) is 1. The van der Waals surface area contributed by atoms with Crippen molar-refractivity contribution in [1.29, 1.82) is 0 Å². The van der Waals surface area contributed by atoms with Crippen LogP contribution in [0.4, 0.5) is 5.69 Å². The van der Waals surface area contributed by atoms with Gasteiger partial charge in [-0.2, -0.15) is 11.8 Å². The smallest absolute Gasteiger partial charge is 0.327 e. The number of aliphatic carboxylic acids is 1. The Hall–Kier alpha value is -5.67. The lowest BCUT2D eigenvalue weighted by Crippen LogP contribution is -2.43. The number of carboxylic acid groups (broad SMARTS) is 1. The predicted octanol–water partition coefficient (Wildman–Crippen LogP) is 8.31. The summed E-state index contributed by atoms with van der Waals surface area (Å²) in [6.45, 7) is 0. The Balaban J connectivity index is 1.07. The summed E-state index contributed by atoms with van der Waals surface area (Å²) in [7, 11) is 0. The first-order valence-corrected chi connectivity index (χ1v) is 16.6. The zero-order valence-electron chi connectivity index (χ0n) is 25.9. The minimum absolute atomic E-state index is 0.121. The van der Waals surface area contributed by atoms with Crippen molar-refractivity contribution >= 4 is 40.3 Å². The Kier molecular flexibility index (Phi) is 9.97.